The van der Waals surface area contributed by atoms with E-state index in [1.165, 1.54) is 22.7 Å². The number of hydrogen-bond acceptors (Lipinski definition) is 7. The Kier molecular flexibility index (Phi) is 6.42. The minimum absolute atomic E-state index is 0.105. The van der Waals surface area contributed by atoms with E-state index in [1.54, 1.807) is 24.3 Å². The number of nitrogens with zero attached hydrogens (tertiary/aromatic N) is 2. The fraction of sp³-hybridized carbons (Fsp3) is 0.136. The molecule has 8 heteroatoms. The first-order chi connectivity index (χ1) is 14.6. The summed E-state index contributed by atoms with van der Waals surface area (Å²) in [5, 5.41) is 4.13. The average molecular weight is 457 g/mol. The van der Waals surface area contributed by atoms with Crippen LogP contribution in [0.5, 0.6) is 5.75 Å². The second-order valence-corrected chi connectivity index (χ2v) is 8.73. The van der Waals surface area contributed by atoms with E-state index >= 15 is 0 Å². The molecule has 152 valence electrons. The summed E-state index contributed by atoms with van der Waals surface area (Å²) in [7, 11) is 0. The molecule has 0 N–H and O–H groups in total. The van der Waals surface area contributed by atoms with Gasteiger partial charge in [-0.25, -0.2) is 14.8 Å². The van der Waals surface area contributed by atoms with E-state index in [9.17, 15) is 4.79 Å². The van der Waals surface area contributed by atoms with E-state index in [4.69, 9.17) is 21.1 Å². The number of aryl methyl sites for hydroxylation is 1. The summed E-state index contributed by atoms with van der Waals surface area (Å²) < 4.78 is 11.1. The molecule has 0 fully saturated rings. The van der Waals surface area contributed by atoms with Gasteiger partial charge in [0.1, 0.15) is 33.9 Å². The number of benzene rings is 2. The number of aromatic nitrogens is 2. The Hall–Kier alpha value is -2.74. The second kappa shape index (κ2) is 9.38. The smallest absolute Gasteiger partial charge is 0.350 e. The summed E-state index contributed by atoms with van der Waals surface area (Å²) in [5.41, 5.74) is 2.34. The predicted octanol–water partition coefficient (Wildman–Crippen LogP) is 6.16. The molecular formula is C22H17ClN2O3S2. The number of hydrogen-bond donors (Lipinski definition) is 0. The molecule has 5 nitrogen and oxygen atoms in total. The van der Waals surface area contributed by atoms with Crippen molar-refractivity contribution in [2.45, 2.75) is 20.1 Å². The summed E-state index contributed by atoms with van der Waals surface area (Å²) in [6.45, 7) is 2.26. The van der Waals surface area contributed by atoms with E-state index in [0.717, 1.165) is 21.3 Å². The Morgan fingerprint density at radius 2 is 1.80 bits per heavy atom. The summed E-state index contributed by atoms with van der Waals surface area (Å²) in [6, 6.07) is 16.9. The number of halogens is 1. The Labute approximate surface area is 186 Å². The van der Waals surface area contributed by atoms with Crippen LogP contribution in [0.1, 0.15) is 26.1 Å². The van der Waals surface area contributed by atoms with Crippen molar-refractivity contribution in [3.05, 3.63) is 86.3 Å². The van der Waals surface area contributed by atoms with Crippen LogP contribution >= 0.6 is 34.3 Å². The standard InChI is InChI=1S/C22H17ClN2O3S2/c1-14-20(30-21(24-14)15-5-3-2-4-6-15)22(26)28-11-17-13-29-19(25-17)12-27-18-9-7-16(23)8-10-18/h2-10,13H,11-12H2,1H3. The molecule has 0 unspecified atom stereocenters. The molecule has 0 amide bonds. The zero-order chi connectivity index (χ0) is 20.9. The third-order valence-corrected chi connectivity index (χ3v) is 6.44. The van der Waals surface area contributed by atoms with Crippen molar-refractivity contribution < 1.29 is 14.3 Å². The van der Waals surface area contributed by atoms with Gasteiger partial charge in [0.25, 0.3) is 0 Å². The number of ether oxygens (including phenoxy) is 2. The van der Waals surface area contributed by atoms with Crippen LogP contribution in [-0.4, -0.2) is 15.9 Å². The maximum atomic E-state index is 12.5. The molecule has 0 atom stereocenters. The highest BCUT2D eigenvalue weighted by Gasteiger charge is 2.18. The first kappa shape index (κ1) is 20.5. The molecular weight excluding hydrogens is 440 g/mol. The number of carbonyl (C=O) groups is 1. The maximum Gasteiger partial charge on any atom is 0.350 e. The molecule has 0 saturated carbocycles. The summed E-state index contributed by atoms with van der Waals surface area (Å²) in [6.07, 6.45) is 0. The molecule has 0 aliphatic carbocycles. The van der Waals surface area contributed by atoms with Gasteiger partial charge in [0.15, 0.2) is 0 Å². The third kappa shape index (κ3) is 5.05. The SMILES string of the molecule is Cc1nc(-c2ccccc2)sc1C(=O)OCc1csc(COc2ccc(Cl)cc2)n1. The molecule has 30 heavy (non-hydrogen) atoms. The van der Waals surface area contributed by atoms with Gasteiger partial charge in [-0.3, -0.25) is 0 Å². The van der Waals surface area contributed by atoms with Crippen LogP contribution in [0.4, 0.5) is 0 Å². The van der Waals surface area contributed by atoms with Crippen molar-refractivity contribution in [2.75, 3.05) is 0 Å². The lowest BCUT2D eigenvalue weighted by molar-refractivity contribution is 0.0473. The third-order valence-electron chi connectivity index (χ3n) is 4.13. The van der Waals surface area contributed by atoms with E-state index in [0.29, 0.717) is 27.9 Å². The topological polar surface area (TPSA) is 61.3 Å². The van der Waals surface area contributed by atoms with Crippen molar-refractivity contribution in [2.24, 2.45) is 0 Å². The fourth-order valence-corrected chi connectivity index (χ4v) is 4.43. The number of esters is 1. The molecule has 2 aromatic carbocycles. The minimum atomic E-state index is -0.390. The number of thiazole rings is 2. The second-order valence-electron chi connectivity index (χ2n) is 6.35. The lowest BCUT2D eigenvalue weighted by Gasteiger charge is -2.03. The summed E-state index contributed by atoms with van der Waals surface area (Å²) >= 11 is 8.66. The lowest BCUT2D eigenvalue weighted by Crippen LogP contribution is -2.05. The van der Waals surface area contributed by atoms with E-state index in [-0.39, 0.29) is 12.6 Å². The van der Waals surface area contributed by atoms with Crippen LogP contribution in [0.3, 0.4) is 0 Å². The highest BCUT2D eigenvalue weighted by atomic mass is 35.5. The Morgan fingerprint density at radius 3 is 2.57 bits per heavy atom. The van der Waals surface area contributed by atoms with Gasteiger partial charge in [-0.1, -0.05) is 41.9 Å². The Bertz CT molecular complexity index is 1140. The molecule has 0 aliphatic rings. The molecule has 0 radical (unpaired) electrons. The van der Waals surface area contributed by atoms with Gasteiger partial charge in [0.05, 0.1) is 11.4 Å². The van der Waals surface area contributed by atoms with Crippen molar-refractivity contribution in [3.63, 3.8) is 0 Å². The van der Waals surface area contributed by atoms with Crippen LogP contribution in [0.15, 0.2) is 60.0 Å². The molecule has 4 rings (SSSR count). The Morgan fingerprint density at radius 1 is 1.03 bits per heavy atom. The number of carbonyl (C=O) groups excluding carboxylic acids is 1. The molecule has 4 aromatic rings. The van der Waals surface area contributed by atoms with Gasteiger partial charge in [0.2, 0.25) is 0 Å². The molecule has 0 spiro atoms. The predicted molar refractivity (Wildman–Crippen MR) is 119 cm³/mol. The van der Waals surface area contributed by atoms with Crippen molar-refractivity contribution in [1.29, 1.82) is 0 Å². The monoisotopic (exact) mass is 456 g/mol. The average Bonchev–Trinajstić information content (AvgIpc) is 3.39. The van der Waals surface area contributed by atoms with Gasteiger partial charge in [-0.05, 0) is 31.2 Å². The van der Waals surface area contributed by atoms with Crippen LogP contribution in [0, 0.1) is 6.92 Å². The molecule has 2 heterocycles. The van der Waals surface area contributed by atoms with Crippen molar-refractivity contribution in [1.82, 2.24) is 9.97 Å². The first-order valence-electron chi connectivity index (χ1n) is 9.10. The minimum Gasteiger partial charge on any atom is -0.486 e. The lowest BCUT2D eigenvalue weighted by atomic mass is 10.2. The normalized spacial score (nSPS) is 10.7. The molecule has 2 aromatic heterocycles. The largest absolute Gasteiger partial charge is 0.486 e. The van der Waals surface area contributed by atoms with Crippen molar-refractivity contribution >= 4 is 40.2 Å². The molecule has 0 aliphatic heterocycles. The Balaban J connectivity index is 1.33. The maximum absolute atomic E-state index is 12.5. The quantitative estimate of drug-likeness (QED) is 0.311. The first-order valence-corrected chi connectivity index (χ1v) is 11.2. The highest BCUT2D eigenvalue weighted by Crippen LogP contribution is 2.28. The van der Waals surface area contributed by atoms with Crippen molar-refractivity contribution in [3.8, 4) is 16.3 Å². The highest BCUT2D eigenvalue weighted by molar-refractivity contribution is 7.17. The molecule has 0 bridgehead atoms. The van der Waals surface area contributed by atoms with Gasteiger partial charge < -0.3 is 9.47 Å². The van der Waals surface area contributed by atoms with Crippen LogP contribution in [0.25, 0.3) is 10.6 Å². The van der Waals surface area contributed by atoms with Crippen LogP contribution in [0.2, 0.25) is 5.02 Å². The van der Waals surface area contributed by atoms with Gasteiger partial charge in [-0.15, -0.1) is 22.7 Å². The van der Waals surface area contributed by atoms with Crippen LogP contribution < -0.4 is 4.74 Å². The fourth-order valence-electron chi connectivity index (χ4n) is 2.65. The van der Waals surface area contributed by atoms with E-state index in [1.807, 2.05) is 42.6 Å². The zero-order valence-corrected chi connectivity index (χ0v) is 18.4. The zero-order valence-electron chi connectivity index (χ0n) is 16.0. The molecule has 0 saturated heterocycles. The van der Waals surface area contributed by atoms with Gasteiger partial charge in [-0.2, -0.15) is 0 Å². The summed E-state index contributed by atoms with van der Waals surface area (Å²) in [5.74, 6) is 0.330. The van der Waals surface area contributed by atoms with E-state index in [2.05, 4.69) is 9.97 Å². The number of rotatable bonds is 7. The van der Waals surface area contributed by atoms with E-state index < -0.39 is 0 Å². The van der Waals surface area contributed by atoms with Gasteiger partial charge >= 0.3 is 5.97 Å². The summed E-state index contributed by atoms with van der Waals surface area (Å²) in [4.78, 5) is 22.0. The van der Waals surface area contributed by atoms with Crippen LogP contribution in [-0.2, 0) is 18.0 Å². The van der Waals surface area contributed by atoms with Gasteiger partial charge in [0, 0.05) is 16.0 Å².